The van der Waals surface area contributed by atoms with Crippen molar-refractivity contribution in [2.45, 2.75) is 44.9 Å². The van der Waals surface area contributed by atoms with E-state index in [-0.39, 0.29) is 28.8 Å². The zero-order valence-corrected chi connectivity index (χ0v) is 24.8. The maximum Gasteiger partial charge on any atom is 0.172 e. The van der Waals surface area contributed by atoms with Crippen molar-refractivity contribution in [3.8, 4) is 5.69 Å². The highest BCUT2D eigenvalue weighted by Crippen LogP contribution is 2.47. The summed E-state index contributed by atoms with van der Waals surface area (Å²) in [6, 6.07) is 11.9. The number of imidazole rings is 1. The van der Waals surface area contributed by atoms with Crippen molar-refractivity contribution in [1.29, 1.82) is 0 Å². The number of nitrogens with zero attached hydrogens (tertiary/aromatic N) is 4. The number of hydrogen-bond donors (Lipinski definition) is 0. The Morgan fingerprint density at radius 1 is 1.15 bits per heavy atom. The monoisotopic (exact) mass is 576 g/mol. The first-order valence-electron chi connectivity index (χ1n) is 13.8. The van der Waals surface area contributed by atoms with E-state index in [9.17, 15) is 12.8 Å². The number of halogens is 1. The average Bonchev–Trinajstić information content (AvgIpc) is 3.46. The number of sulfone groups is 1. The van der Waals surface area contributed by atoms with Crippen LogP contribution in [0.1, 0.15) is 34.8 Å². The maximum atomic E-state index is 13.7. The minimum atomic E-state index is -3.05. The van der Waals surface area contributed by atoms with Crippen molar-refractivity contribution in [2.24, 2.45) is 10.6 Å². The highest BCUT2D eigenvalue weighted by molar-refractivity contribution is 7.92. The maximum absolute atomic E-state index is 13.7. The molecule has 0 saturated carbocycles. The second-order valence-corrected chi connectivity index (χ2v) is 19.5. The molecule has 40 heavy (non-hydrogen) atoms. The Balaban J connectivity index is 1.34. The lowest BCUT2D eigenvalue weighted by molar-refractivity contribution is 0.0392. The van der Waals surface area contributed by atoms with Crippen LogP contribution in [0.25, 0.3) is 11.8 Å². The highest BCUT2D eigenvalue weighted by Gasteiger charge is 2.54. The van der Waals surface area contributed by atoms with Crippen LogP contribution in [0.4, 0.5) is 4.39 Å². The molecule has 7 nitrogen and oxygen atoms in total. The number of aromatic nitrogens is 2. The van der Waals surface area contributed by atoms with Gasteiger partial charge in [-0.2, -0.15) is 0 Å². The van der Waals surface area contributed by atoms with Gasteiger partial charge in [0.15, 0.2) is 15.7 Å². The van der Waals surface area contributed by atoms with Crippen LogP contribution in [0.3, 0.4) is 0 Å². The Morgan fingerprint density at radius 2 is 1.93 bits per heavy atom. The molecule has 0 radical (unpaired) electrons. The Kier molecular flexibility index (Phi) is 5.70. The molecular formula is C30H33FN4O3SSi. The molecule has 2 fully saturated rings. The fourth-order valence-corrected chi connectivity index (χ4v) is 12.6. The molecule has 7 rings (SSSR count). The molecule has 1 aromatic heterocycles. The first-order valence-corrected chi connectivity index (χ1v) is 18.9. The summed E-state index contributed by atoms with van der Waals surface area (Å²) in [6.45, 7) is 7.80. The molecule has 3 aromatic rings. The lowest BCUT2D eigenvalue weighted by atomic mass is 9.78. The lowest BCUT2D eigenvalue weighted by Crippen LogP contribution is -2.61. The van der Waals surface area contributed by atoms with Crippen LogP contribution >= 0.6 is 0 Å². The molecule has 1 atom stereocenters. The van der Waals surface area contributed by atoms with Crippen molar-refractivity contribution in [2.75, 3.05) is 24.7 Å². The van der Waals surface area contributed by atoms with Gasteiger partial charge < -0.3 is 14.3 Å². The summed E-state index contributed by atoms with van der Waals surface area (Å²) in [7, 11) is -4.71. The van der Waals surface area contributed by atoms with Crippen molar-refractivity contribution in [1.82, 2.24) is 14.5 Å². The molecule has 2 aromatic carbocycles. The number of aryl methyl sites for hydroxylation is 1. The Bertz CT molecular complexity index is 1680. The van der Waals surface area contributed by atoms with Gasteiger partial charge in [0.05, 0.1) is 37.6 Å². The second-order valence-electron chi connectivity index (χ2n) is 12.6. The van der Waals surface area contributed by atoms with Crippen LogP contribution in [0.15, 0.2) is 59.7 Å². The van der Waals surface area contributed by atoms with Crippen molar-refractivity contribution >= 4 is 35.0 Å². The van der Waals surface area contributed by atoms with Crippen LogP contribution in [0.2, 0.25) is 19.1 Å². The molecular weight excluding hydrogens is 544 g/mol. The van der Waals surface area contributed by atoms with E-state index in [1.165, 1.54) is 40.2 Å². The van der Waals surface area contributed by atoms with Crippen LogP contribution in [0, 0.1) is 18.2 Å². The molecule has 4 aliphatic heterocycles. The summed E-state index contributed by atoms with van der Waals surface area (Å²) >= 11 is 0. The van der Waals surface area contributed by atoms with Gasteiger partial charge >= 0.3 is 0 Å². The topological polar surface area (TPSA) is 76.8 Å². The Labute approximate surface area is 235 Å². The van der Waals surface area contributed by atoms with Crippen molar-refractivity contribution in [3.05, 3.63) is 82.7 Å². The van der Waals surface area contributed by atoms with Crippen LogP contribution in [0.5, 0.6) is 0 Å². The Hall–Kier alpha value is -3.24. The third-order valence-electron chi connectivity index (χ3n) is 9.02. The van der Waals surface area contributed by atoms with Gasteiger partial charge in [-0.05, 0) is 77.5 Å². The van der Waals surface area contributed by atoms with E-state index < -0.39 is 17.9 Å². The molecule has 208 valence electrons. The summed E-state index contributed by atoms with van der Waals surface area (Å²) in [5.41, 5.74) is 6.35. The quantitative estimate of drug-likeness (QED) is 0.433. The van der Waals surface area contributed by atoms with Gasteiger partial charge in [-0.3, -0.25) is 0 Å². The van der Waals surface area contributed by atoms with E-state index in [2.05, 4.69) is 57.1 Å². The van der Waals surface area contributed by atoms with Gasteiger partial charge in [0.2, 0.25) is 0 Å². The number of benzene rings is 2. The molecule has 4 aliphatic rings. The van der Waals surface area contributed by atoms with E-state index in [1.807, 2.05) is 13.3 Å². The van der Waals surface area contributed by atoms with Gasteiger partial charge in [0, 0.05) is 23.8 Å². The standard InChI is InChI=1S/C30H33FN4O3SSi/c1-20-14-34(19-32-20)26-9-6-22(25-10-11-40(2,3)28(25)26)12-23-13-30(17-39(36,37)18-30)16-35-27(15-38-33-29(23)35)21-4-7-24(31)8-5-21/h4-9,12,14,19,27H,10-11,13,15-18H2,1-3H3/b23-12+. The predicted molar refractivity (Wildman–Crippen MR) is 157 cm³/mol. The summed E-state index contributed by atoms with van der Waals surface area (Å²) in [5.74, 6) is 0.822. The highest BCUT2D eigenvalue weighted by atomic mass is 32.2. The zero-order valence-electron chi connectivity index (χ0n) is 23.0. The SMILES string of the molecule is Cc1cn(-c2ccc(/C=C3\CC4(CN5C3=NOCC5c3ccc(F)cc3)CS(=O)(=O)C4)c3c2[Si](C)(C)CC3)cn1. The molecule has 2 saturated heterocycles. The van der Waals surface area contributed by atoms with E-state index in [0.29, 0.717) is 19.6 Å². The first-order chi connectivity index (χ1) is 19.0. The van der Waals surface area contributed by atoms with Gasteiger partial charge in [-0.25, -0.2) is 17.8 Å². The minimum Gasteiger partial charge on any atom is -0.392 e. The average molecular weight is 577 g/mol. The third-order valence-corrected chi connectivity index (χ3v) is 14.5. The molecule has 10 heteroatoms. The summed E-state index contributed by atoms with van der Waals surface area (Å²) in [5, 5.41) is 5.99. The number of amidine groups is 1. The second kappa shape index (κ2) is 8.88. The molecule has 1 unspecified atom stereocenters. The van der Waals surface area contributed by atoms with Crippen molar-refractivity contribution < 1.29 is 17.6 Å². The first kappa shape index (κ1) is 25.7. The number of rotatable bonds is 3. The van der Waals surface area contributed by atoms with E-state index in [0.717, 1.165) is 29.1 Å². The summed E-state index contributed by atoms with van der Waals surface area (Å²) in [6.07, 6.45) is 7.87. The van der Waals surface area contributed by atoms with Crippen LogP contribution in [-0.4, -0.2) is 61.4 Å². The summed E-state index contributed by atoms with van der Waals surface area (Å²) in [4.78, 5) is 12.4. The smallest absolute Gasteiger partial charge is 0.172 e. The molecule has 5 heterocycles. The number of fused-ring (bicyclic) bond motifs is 2. The van der Waals surface area contributed by atoms with E-state index in [1.54, 1.807) is 12.1 Å². The van der Waals surface area contributed by atoms with E-state index >= 15 is 0 Å². The van der Waals surface area contributed by atoms with Gasteiger partial charge in [-0.15, -0.1) is 0 Å². The fraction of sp³-hybridized carbons (Fsp3) is 0.400. The van der Waals surface area contributed by atoms with Gasteiger partial charge in [0.1, 0.15) is 12.4 Å². The van der Waals surface area contributed by atoms with E-state index in [4.69, 9.17) is 4.84 Å². The van der Waals surface area contributed by atoms with Gasteiger partial charge in [-0.1, -0.05) is 36.4 Å². The van der Waals surface area contributed by atoms with Crippen LogP contribution < -0.4 is 5.19 Å². The lowest BCUT2D eigenvalue weighted by Gasteiger charge is -2.52. The molecule has 1 spiro atoms. The third kappa shape index (κ3) is 4.23. The molecule has 0 N–H and O–H groups in total. The predicted octanol–water partition coefficient (Wildman–Crippen LogP) is 4.38. The van der Waals surface area contributed by atoms with Crippen molar-refractivity contribution in [3.63, 3.8) is 0 Å². The minimum absolute atomic E-state index is 0.166. The number of piperidine rings is 1. The van der Waals surface area contributed by atoms with Crippen LogP contribution in [-0.2, 0) is 21.1 Å². The fourth-order valence-electron chi connectivity index (χ4n) is 7.28. The molecule has 0 aliphatic carbocycles. The largest absolute Gasteiger partial charge is 0.392 e. The normalized spacial score (nSPS) is 24.7. The number of hydrogen-bond acceptors (Lipinski definition) is 6. The Morgan fingerprint density at radius 3 is 2.62 bits per heavy atom. The molecule has 0 bridgehead atoms. The van der Waals surface area contributed by atoms with Gasteiger partial charge in [0.25, 0.3) is 0 Å². The number of oxime groups is 1. The zero-order chi connectivity index (χ0) is 27.9. The summed E-state index contributed by atoms with van der Waals surface area (Å²) < 4.78 is 40.7. The molecule has 0 amide bonds.